The molecule has 1 heterocycles. The van der Waals surface area contributed by atoms with Crippen molar-refractivity contribution >= 4 is 5.97 Å². The van der Waals surface area contributed by atoms with E-state index in [1.807, 2.05) is 6.92 Å². The van der Waals surface area contributed by atoms with E-state index in [2.05, 4.69) is 10.3 Å². The molecule has 0 saturated heterocycles. The number of hydrogen-bond acceptors (Lipinski definition) is 4. The molecule has 118 valence electrons. The first-order valence-corrected chi connectivity index (χ1v) is 7.03. The van der Waals surface area contributed by atoms with Crippen LogP contribution in [0.4, 0.5) is 8.78 Å². The minimum atomic E-state index is -2.76. The molecule has 1 aromatic rings. The summed E-state index contributed by atoms with van der Waals surface area (Å²) >= 11 is 0. The van der Waals surface area contributed by atoms with Crippen molar-refractivity contribution in [3.63, 3.8) is 0 Å². The largest absolute Gasteiger partial charge is 0.480 e. The van der Waals surface area contributed by atoms with Gasteiger partial charge in [0.15, 0.2) is 6.04 Å². The van der Waals surface area contributed by atoms with E-state index in [9.17, 15) is 18.7 Å². The Morgan fingerprint density at radius 2 is 2.05 bits per heavy atom. The first-order valence-electron chi connectivity index (χ1n) is 7.03. The predicted octanol–water partition coefficient (Wildman–Crippen LogP) is 2.10. The normalized spacial score (nSPS) is 21.9. The van der Waals surface area contributed by atoms with Crippen LogP contribution >= 0.6 is 0 Å². The number of alkyl halides is 2. The van der Waals surface area contributed by atoms with Crippen LogP contribution in [-0.2, 0) is 10.4 Å². The van der Waals surface area contributed by atoms with Gasteiger partial charge in [-0.05, 0) is 19.3 Å². The standard InChI is InChI=1S/C13H19F2N3O3/c1-2-3-9(11(19)20)18-8-10(16-17-18)12(21)4-6-13(14,15)7-5-12/h8-9,21H,2-7H2,1H3,(H,19,20). The maximum Gasteiger partial charge on any atom is 0.328 e. The first-order chi connectivity index (χ1) is 9.77. The van der Waals surface area contributed by atoms with Gasteiger partial charge in [-0.2, -0.15) is 0 Å². The van der Waals surface area contributed by atoms with E-state index in [0.29, 0.717) is 12.8 Å². The van der Waals surface area contributed by atoms with E-state index in [1.54, 1.807) is 0 Å². The summed E-state index contributed by atoms with van der Waals surface area (Å²) < 4.78 is 27.5. The molecule has 0 spiro atoms. The zero-order valence-electron chi connectivity index (χ0n) is 11.8. The van der Waals surface area contributed by atoms with Gasteiger partial charge in [0, 0.05) is 12.8 Å². The maximum atomic E-state index is 13.2. The molecule has 0 aromatic carbocycles. The summed E-state index contributed by atoms with van der Waals surface area (Å²) in [5.74, 6) is -3.79. The van der Waals surface area contributed by atoms with Crippen molar-refractivity contribution in [2.75, 3.05) is 0 Å². The van der Waals surface area contributed by atoms with E-state index in [-0.39, 0.29) is 18.5 Å². The Kier molecular flexibility index (Phi) is 4.27. The summed E-state index contributed by atoms with van der Waals surface area (Å²) in [6, 6.07) is -0.857. The topological polar surface area (TPSA) is 88.2 Å². The second kappa shape index (κ2) is 5.67. The van der Waals surface area contributed by atoms with Crippen LogP contribution in [0.3, 0.4) is 0 Å². The van der Waals surface area contributed by atoms with Crippen LogP contribution < -0.4 is 0 Å². The lowest BCUT2D eigenvalue weighted by Gasteiger charge is -2.34. The van der Waals surface area contributed by atoms with Crippen molar-refractivity contribution < 1.29 is 23.8 Å². The van der Waals surface area contributed by atoms with Crippen molar-refractivity contribution in [2.45, 2.75) is 63.0 Å². The third-order valence-electron chi connectivity index (χ3n) is 3.96. The number of carbonyl (C=O) groups is 1. The summed E-state index contributed by atoms with van der Waals surface area (Å²) in [6.45, 7) is 1.85. The van der Waals surface area contributed by atoms with E-state index in [1.165, 1.54) is 10.9 Å². The second-order valence-electron chi connectivity index (χ2n) is 5.61. The van der Waals surface area contributed by atoms with Crippen LogP contribution in [0.5, 0.6) is 0 Å². The van der Waals surface area contributed by atoms with E-state index in [4.69, 9.17) is 5.11 Å². The summed E-state index contributed by atoms with van der Waals surface area (Å²) in [4.78, 5) is 11.2. The molecule has 1 aromatic heterocycles. The highest BCUT2D eigenvalue weighted by Gasteiger charge is 2.44. The zero-order valence-corrected chi connectivity index (χ0v) is 11.8. The highest BCUT2D eigenvalue weighted by atomic mass is 19.3. The van der Waals surface area contributed by atoms with Gasteiger partial charge < -0.3 is 10.2 Å². The number of aliphatic carboxylic acids is 1. The molecule has 0 radical (unpaired) electrons. The first kappa shape index (κ1) is 15.8. The SMILES string of the molecule is CCCC(C(=O)O)n1cc(C2(O)CCC(F)(F)CC2)nn1. The van der Waals surface area contributed by atoms with Gasteiger partial charge >= 0.3 is 5.97 Å². The maximum absolute atomic E-state index is 13.2. The molecule has 1 aliphatic carbocycles. The number of aliphatic hydroxyl groups is 1. The van der Waals surface area contributed by atoms with Gasteiger partial charge in [0.1, 0.15) is 11.3 Å². The Hall–Kier alpha value is -1.57. The number of carboxylic acids is 1. The van der Waals surface area contributed by atoms with Crippen molar-refractivity contribution in [3.8, 4) is 0 Å². The smallest absolute Gasteiger partial charge is 0.328 e. The van der Waals surface area contributed by atoms with Crippen molar-refractivity contribution in [1.82, 2.24) is 15.0 Å². The zero-order chi connectivity index (χ0) is 15.7. The second-order valence-corrected chi connectivity index (χ2v) is 5.61. The average molecular weight is 303 g/mol. The summed E-state index contributed by atoms with van der Waals surface area (Å²) in [6.07, 6.45) is 1.37. The molecule has 1 fully saturated rings. The summed E-state index contributed by atoms with van der Waals surface area (Å²) in [7, 11) is 0. The fourth-order valence-electron chi connectivity index (χ4n) is 2.57. The fraction of sp³-hybridized carbons (Fsp3) is 0.769. The molecular weight excluding hydrogens is 284 g/mol. The third-order valence-corrected chi connectivity index (χ3v) is 3.96. The number of rotatable bonds is 5. The van der Waals surface area contributed by atoms with Crippen molar-refractivity contribution in [2.24, 2.45) is 0 Å². The quantitative estimate of drug-likeness (QED) is 0.869. The summed E-state index contributed by atoms with van der Waals surface area (Å²) in [5, 5.41) is 27.2. The van der Waals surface area contributed by atoms with Crippen LogP contribution in [0.15, 0.2) is 6.20 Å². The highest BCUT2D eigenvalue weighted by Crippen LogP contribution is 2.43. The fourth-order valence-corrected chi connectivity index (χ4v) is 2.57. The van der Waals surface area contributed by atoms with Gasteiger partial charge in [0.05, 0.1) is 6.20 Å². The van der Waals surface area contributed by atoms with Gasteiger partial charge in [0.25, 0.3) is 0 Å². The van der Waals surface area contributed by atoms with Gasteiger partial charge in [-0.3, -0.25) is 0 Å². The Bertz CT molecular complexity index is 509. The molecule has 6 nitrogen and oxygen atoms in total. The number of carboxylic acid groups (broad SMARTS) is 1. The van der Waals surface area contributed by atoms with E-state index < -0.39 is 36.4 Å². The third kappa shape index (κ3) is 3.37. The number of halogens is 2. The van der Waals surface area contributed by atoms with Gasteiger partial charge in [-0.15, -0.1) is 5.10 Å². The van der Waals surface area contributed by atoms with Crippen LogP contribution in [-0.4, -0.2) is 37.1 Å². The molecule has 0 aliphatic heterocycles. The lowest BCUT2D eigenvalue weighted by Crippen LogP contribution is -2.36. The lowest BCUT2D eigenvalue weighted by atomic mass is 9.81. The summed E-state index contributed by atoms with van der Waals surface area (Å²) in [5.41, 5.74) is -1.28. The molecule has 1 unspecified atom stereocenters. The number of hydrogen-bond donors (Lipinski definition) is 2. The number of nitrogens with zero attached hydrogens (tertiary/aromatic N) is 3. The van der Waals surface area contributed by atoms with Crippen LogP contribution in [0.25, 0.3) is 0 Å². The van der Waals surface area contributed by atoms with Gasteiger partial charge in [0.2, 0.25) is 5.92 Å². The highest BCUT2D eigenvalue weighted by molar-refractivity contribution is 5.71. The molecule has 2 N–H and O–H groups in total. The molecule has 2 rings (SSSR count). The molecule has 8 heteroatoms. The average Bonchev–Trinajstić information content (AvgIpc) is 2.89. The number of aromatic nitrogens is 3. The van der Waals surface area contributed by atoms with Crippen molar-refractivity contribution in [1.29, 1.82) is 0 Å². The van der Waals surface area contributed by atoms with Gasteiger partial charge in [-0.25, -0.2) is 18.3 Å². The molecular formula is C13H19F2N3O3. The van der Waals surface area contributed by atoms with Crippen LogP contribution in [0, 0.1) is 0 Å². The Balaban J connectivity index is 2.17. The Labute approximate surface area is 120 Å². The molecule has 1 atom stereocenters. The van der Waals surface area contributed by atoms with Crippen LogP contribution in [0.2, 0.25) is 0 Å². The molecule has 0 bridgehead atoms. The minimum absolute atomic E-state index is 0.107. The van der Waals surface area contributed by atoms with Crippen molar-refractivity contribution in [3.05, 3.63) is 11.9 Å². The molecule has 1 saturated carbocycles. The van der Waals surface area contributed by atoms with E-state index >= 15 is 0 Å². The van der Waals surface area contributed by atoms with Gasteiger partial charge in [-0.1, -0.05) is 18.6 Å². The molecule has 1 aliphatic rings. The van der Waals surface area contributed by atoms with E-state index in [0.717, 1.165) is 0 Å². The molecule has 21 heavy (non-hydrogen) atoms. The Morgan fingerprint density at radius 3 is 2.57 bits per heavy atom. The monoisotopic (exact) mass is 303 g/mol. The lowest BCUT2D eigenvalue weighted by molar-refractivity contribution is -0.141. The predicted molar refractivity (Wildman–Crippen MR) is 68.9 cm³/mol. The molecule has 0 amide bonds. The Morgan fingerprint density at radius 1 is 1.43 bits per heavy atom. The van der Waals surface area contributed by atoms with Crippen LogP contribution in [0.1, 0.15) is 57.2 Å². The minimum Gasteiger partial charge on any atom is -0.480 e.